The predicted octanol–water partition coefficient (Wildman–Crippen LogP) is 2.04. The normalized spacial score (nSPS) is 24.5. The summed E-state index contributed by atoms with van der Waals surface area (Å²) in [6, 6.07) is 8.72. The van der Waals surface area contributed by atoms with Crippen LogP contribution < -0.4 is 11.1 Å². The van der Waals surface area contributed by atoms with Crippen molar-refractivity contribution in [1.29, 1.82) is 5.26 Å². The van der Waals surface area contributed by atoms with E-state index in [-0.39, 0.29) is 0 Å². The van der Waals surface area contributed by atoms with E-state index in [1.807, 2.05) is 12.1 Å². The molecule has 18 heavy (non-hydrogen) atoms. The number of nitrogens with one attached hydrogen (secondary N) is 1. The van der Waals surface area contributed by atoms with Crippen molar-refractivity contribution in [2.75, 3.05) is 24.6 Å². The Bertz CT molecular complexity index is 463. The number of hydrogen-bond donors (Lipinski definition) is 2. The van der Waals surface area contributed by atoms with Crippen LogP contribution in [0.3, 0.4) is 0 Å². The molecule has 2 unspecified atom stereocenters. The number of nitrogen functional groups attached to an aromatic ring is 1. The highest BCUT2D eigenvalue weighted by molar-refractivity contribution is 5.62. The third-order valence-corrected chi connectivity index (χ3v) is 3.75. The zero-order valence-corrected chi connectivity index (χ0v) is 11.0. The van der Waals surface area contributed by atoms with Gasteiger partial charge in [0.15, 0.2) is 0 Å². The maximum atomic E-state index is 8.84. The smallest absolute Gasteiger partial charge is 0.101 e. The first kappa shape index (κ1) is 12.7. The molecule has 4 heteroatoms. The standard InChI is InChI=1S/C14H20N4/c1-10-7-13(5-6-18(10)2)17-12-4-3-11(9-15)14(16)8-12/h3-4,8,10,13,17H,5-7,16H2,1-2H3. The largest absolute Gasteiger partial charge is 0.398 e. The van der Waals surface area contributed by atoms with Crippen LogP contribution in [-0.4, -0.2) is 30.6 Å². The van der Waals surface area contributed by atoms with Gasteiger partial charge in [0.25, 0.3) is 0 Å². The van der Waals surface area contributed by atoms with Crippen LogP contribution in [0.15, 0.2) is 18.2 Å². The fourth-order valence-corrected chi connectivity index (χ4v) is 2.41. The van der Waals surface area contributed by atoms with Crippen molar-refractivity contribution in [3.05, 3.63) is 23.8 Å². The molecule has 0 amide bonds. The molecule has 0 bridgehead atoms. The van der Waals surface area contributed by atoms with E-state index >= 15 is 0 Å². The molecule has 2 atom stereocenters. The summed E-state index contributed by atoms with van der Waals surface area (Å²) in [5.74, 6) is 0. The summed E-state index contributed by atoms with van der Waals surface area (Å²) in [5, 5.41) is 12.3. The molecule has 0 radical (unpaired) electrons. The summed E-state index contributed by atoms with van der Waals surface area (Å²) in [7, 11) is 2.17. The summed E-state index contributed by atoms with van der Waals surface area (Å²) in [6.45, 7) is 3.37. The fraction of sp³-hybridized carbons (Fsp3) is 0.500. The lowest BCUT2D eigenvalue weighted by molar-refractivity contribution is 0.190. The van der Waals surface area contributed by atoms with Gasteiger partial charge in [-0.2, -0.15) is 5.26 Å². The number of nitrogens with two attached hydrogens (primary N) is 1. The van der Waals surface area contributed by atoms with Crippen LogP contribution in [0.2, 0.25) is 0 Å². The van der Waals surface area contributed by atoms with Gasteiger partial charge in [-0.25, -0.2) is 0 Å². The minimum absolute atomic E-state index is 0.489. The van der Waals surface area contributed by atoms with E-state index < -0.39 is 0 Å². The molecular weight excluding hydrogens is 224 g/mol. The molecule has 1 heterocycles. The van der Waals surface area contributed by atoms with E-state index in [2.05, 4.69) is 30.3 Å². The maximum absolute atomic E-state index is 8.84. The highest BCUT2D eigenvalue weighted by atomic mass is 15.1. The Labute approximate surface area is 108 Å². The van der Waals surface area contributed by atoms with Crippen molar-refractivity contribution < 1.29 is 0 Å². The Morgan fingerprint density at radius 3 is 2.89 bits per heavy atom. The van der Waals surface area contributed by atoms with E-state index in [1.165, 1.54) is 0 Å². The van der Waals surface area contributed by atoms with Gasteiger partial charge in [-0.05, 0) is 45.0 Å². The quantitative estimate of drug-likeness (QED) is 0.781. The zero-order valence-electron chi connectivity index (χ0n) is 11.0. The third kappa shape index (κ3) is 2.74. The molecule has 0 spiro atoms. The average Bonchev–Trinajstić information content (AvgIpc) is 2.34. The molecule has 96 valence electrons. The number of nitriles is 1. The second-order valence-electron chi connectivity index (χ2n) is 5.11. The molecule has 1 fully saturated rings. The van der Waals surface area contributed by atoms with Gasteiger partial charge < -0.3 is 16.0 Å². The summed E-state index contributed by atoms with van der Waals surface area (Å²) in [4.78, 5) is 2.38. The summed E-state index contributed by atoms with van der Waals surface area (Å²) < 4.78 is 0. The van der Waals surface area contributed by atoms with Gasteiger partial charge in [0.2, 0.25) is 0 Å². The minimum Gasteiger partial charge on any atom is -0.398 e. The second kappa shape index (κ2) is 5.28. The molecular formula is C14H20N4. The number of hydrogen-bond acceptors (Lipinski definition) is 4. The van der Waals surface area contributed by atoms with Gasteiger partial charge in [-0.15, -0.1) is 0 Å². The van der Waals surface area contributed by atoms with Crippen molar-refractivity contribution in [2.45, 2.75) is 31.8 Å². The molecule has 0 aliphatic carbocycles. The van der Waals surface area contributed by atoms with E-state index in [4.69, 9.17) is 11.0 Å². The second-order valence-corrected chi connectivity index (χ2v) is 5.11. The van der Waals surface area contributed by atoms with Crippen molar-refractivity contribution in [1.82, 2.24) is 4.90 Å². The summed E-state index contributed by atoms with van der Waals surface area (Å²) >= 11 is 0. The minimum atomic E-state index is 0.489. The van der Waals surface area contributed by atoms with Crippen LogP contribution in [0.5, 0.6) is 0 Å². The molecule has 1 saturated heterocycles. The highest BCUT2D eigenvalue weighted by Gasteiger charge is 2.22. The fourth-order valence-electron chi connectivity index (χ4n) is 2.41. The molecule has 3 N–H and O–H groups in total. The van der Waals surface area contributed by atoms with Crippen molar-refractivity contribution >= 4 is 11.4 Å². The molecule has 0 saturated carbocycles. The molecule has 1 aliphatic heterocycles. The first-order valence-corrected chi connectivity index (χ1v) is 6.36. The van der Waals surface area contributed by atoms with Gasteiger partial charge in [0, 0.05) is 24.3 Å². The first-order valence-electron chi connectivity index (χ1n) is 6.36. The number of benzene rings is 1. The van der Waals surface area contributed by atoms with Crippen molar-refractivity contribution in [2.24, 2.45) is 0 Å². The predicted molar refractivity (Wildman–Crippen MR) is 74.3 cm³/mol. The average molecular weight is 244 g/mol. The van der Waals surface area contributed by atoms with E-state index in [0.717, 1.165) is 25.1 Å². The lowest BCUT2D eigenvalue weighted by Crippen LogP contribution is -2.42. The van der Waals surface area contributed by atoms with Gasteiger partial charge in [-0.1, -0.05) is 0 Å². The van der Waals surface area contributed by atoms with E-state index in [9.17, 15) is 0 Å². The highest BCUT2D eigenvalue weighted by Crippen LogP contribution is 2.22. The summed E-state index contributed by atoms with van der Waals surface area (Å²) in [6.07, 6.45) is 2.27. The van der Waals surface area contributed by atoms with Gasteiger partial charge >= 0.3 is 0 Å². The molecule has 1 aromatic carbocycles. The Balaban J connectivity index is 2.02. The van der Waals surface area contributed by atoms with Gasteiger partial charge in [-0.3, -0.25) is 0 Å². The van der Waals surface area contributed by atoms with Crippen LogP contribution in [0.25, 0.3) is 0 Å². The van der Waals surface area contributed by atoms with Crippen LogP contribution in [0, 0.1) is 11.3 Å². The number of anilines is 2. The molecule has 1 aromatic rings. The Kier molecular flexibility index (Phi) is 3.73. The Morgan fingerprint density at radius 2 is 2.28 bits per heavy atom. The van der Waals surface area contributed by atoms with Crippen molar-refractivity contribution in [3.63, 3.8) is 0 Å². The van der Waals surface area contributed by atoms with Gasteiger partial charge in [0.05, 0.1) is 11.3 Å². The van der Waals surface area contributed by atoms with Crippen LogP contribution >= 0.6 is 0 Å². The monoisotopic (exact) mass is 244 g/mol. The first-order chi connectivity index (χ1) is 8.60. The molecule has 0 aromatic heterocycles. The number of rotatable bonds is 2. The Morgan fingerprint density at radius 1 is 1.50 bits per heavy atom. The van der Waals surface area contributed by atoms with Crippen LogP contribution in [0.1, 0.15) is 25.3 Å². The number of likely N-dealkylation sites (tertiary alicyclic amines) is 1. The third-order valence-electron chi connectivity index (χ3n) is 3.75. The van der Waals surface area contributed by atoms with E-state index in [0.29, 0.717) is 23.3 Å². The molecule has 4 nitrogen and oxygen atoms in total. The zero-order chi connectivity index (χ0) is 13.1. The topological polar surface area (TPSA) is 65.1 Å². The molecule has 1 aliphatic rings. The number of nitrogens with zero attached hydrogens (tertiary/aromatic N) is 2. The lowest BCUT2D eigenvalue weighted by Gasteiger charge is -2.35. The lowest BCUT2D eigenvalue weighted by atomic mass is 9.98. The van der Waals surface area contributed by atoms with Crippen LogP contribution in [0.4, 0.5) is 11.4 Å². The van der Waals surface area contributed by atoms with Crippen molar-refractivity contribution in [3.8, 4) is 6.07 Å². The van der Waals surface area contributed by atoms with Gasteiger partial charge in [0.1, 0.15) is 6.07 Å². The summed E-state index contributed by atoms with van der Waals surface area (Å²) in [5.41, 5.74) is 7.91. The maximum Gasteiger partial charge on any atom is 0.101 e. The number of piperidine rings is 1. The van der Waals surface area contributed by atoms with E-state index in [1.54, 1.807) is 6.07 Å². The molecule has 2 rings (SSSR count). The Hall–Kier alpha value is -1.73. The SMILES string of the molecule is CC1CC(Nc2ccc(C#N)c(N)c2)CCN1C. The van der Waals surface area contributed by atoms with Crippen LogP contribution in [-0.2, 0) is 0 Å².